The average Bonchev–Trinajstić information content (AvgIpc) is 2.03. The topological polar surface area (TPSA) is 75.5 Å². The largest absolute Gasteiger partial charge is 0.508 e. The maximum absolute atomic E-state index is 8.72. The van der Waals surface area contributed by atoms with Crippen LogP contribution >= 0.6 is 11.6 Å². The van der Waals surface area contributed by atoms with Gasteiger partial charge in [0.2, 0.25) is 0 Å². The second-order valence-electron chi connectivity index (χ2n) is 1.98. The van der Waals surface area contributed by atoms with E-state index in [0.717, 1.165) is 0 Å². The van der Waals surface area contributed by atoms with Gasteiger partial charge >= 0.3 is 13.1 Å². The fraction of sp³-hybridized carbons (Fsp3) is 0.200. The fourth-order valence-corrected chi connectivity index (χ4v) is 0.821. The lowest BCUT2D eigenvalue weighted by Crippen LogP contribution is -2.33. The number of hydrogen-bond donors (Lipinski definition) is 2. The molecule has 0 atom stereocenters. The van der Waals surface area contributed by atoms with E-state index < -0.39 is 7.12 Å². The Morgan fingerprint density at radius 2 is 2.17 bits per heavy atom. The highest BCUT2D eigenvalue weighted by Crippen LogP contribution is 2.05. The van der Waals surface area contributed by atoms with E-state index in [9.17, 15) is 0 Å². The first kappa shape index (κ1) is 9.24. The maximum atomic E-state index is 8.72. The summed E-state index contributed by atoms with van der Waals surface area (Å²) in [5.74, 6) is 0. The molecule has 0 aliphatic carbocycles. The van der Waals surface area contributed by atoms with Gasteiger partial charge < -0.3 is 14.8 Å². The standard InChI is InChI=1S/C5H6BClN2O3/c1-12-5-8-3(6(10)11)2-4(7)9-5/h2,10-11H,1H3. The van der Waals surface area contributed by atoms with Crippen molar-refractivity contribution in [2.45, 2.75) is 0 Å². The summed E-state index contributed by atoms with van der Waals surface area (Å²) in [6.45, 7) is 0. The van der Waals surface area contributed by atoms with Crippen molar-refractivity contribution in [2.75, 3.05) is 7.11 Å². The molecule has 1 aromatic heterocycles. The molecule has 0 radical (unpaired) electrons. The third kappa shape index (κ3) is 2.07. The van der Waals surface area contributed by atoms with Crippen LogP contribution in [0.4, 0.5) is 0 Å². The van der Waals surface area contributed by atoms with Crippen LogP contribution in [0.2, 0.25) is 5.15 Å². The normalized spacial score (nSPS) is 9.67. The molecule has 0 unspecified atom stereocenters. The fourth-order valence-electron chi connectivity index (χ4n) is 0.637. The maximum Gasteiger partial charge on any atom is 0.508 e. The minimum Gasteiger partial charge on any atom is -0.467 e. The molecule has 0 fully saturated rings. The van der Waals surface area contributed by atoms with E-state index >= 15 is 0 Å². The van der Waals surface area contributed by atoms with Gasteiger partial charge in [0, 0.05) is 0 Å². The lowest BCUT2D eigenvalue weighted by atomic mass is 9.86. The van der Waals surface area contributed by atoms with Crippen LogP contribution < -0.4 is 10.3 Å². The van der Waals surface area contributed by atoms with Crippen LogP contribution in [0.15, 0.2) is 6.07 Å². The Morgan fingerprint density at radius 3 is 2.67 bits per heavy atom. The number of nitrogens with zero attached hydrogens (tertiary/aromatic N) is 2. The smallest absolute Gasteiger partial charge is 0.467 e. The Hall–Kier alpha value is -0.845. The van der Waals surface area contributed by atoms with Crippen molar-refractivity contribution >= 4 is 24.3 Å². The van der Waals surface area contributed by atoms with Crippen LogP contribution in [0, 0.1) is 0 Å². The Morgan fingerprint density at radius 1 is 1.50 bits per heavy atom. The third-order valence-corrected chi connectivity index (χ3v) is 1.33. The van der Waals surface area contributed by atoms with Crippen LogP contribution in [-0.2, 0) is 0 Å². The molecule has 1 aromatic rings. The number of aromatic nitrogens is 2. The van der Waals surface area contributed by atoms with E-state index in [-0.39, 0.29) is 16.8 Å². The van der Waals surface area contributed by atoms with E-state index in [2.05, 4.69) is 14.7 Å². The predicted octanol–water partition coefficient (Wildman–Crippen LogP) is -1.18. The van der Waals surface area contributed by atoms with Gasteiger partial charge in [-0.05, 0) is 6.07 Å². The van der Waals surface area contributed by atoms with E-state index in [1.807, 2.05) is 0 Å². The molecule has 1 heterocycles. The SMILES string of the molecule is COc1nc(Cl)cc(B(O)O)n1. The molecule has 2 N–H and O–H groups in total. The van der Waals surface area contributed by atoms with E-state index in [1.165, 1.54) is 13.2 Å². The van der Waals surface area contributed by atoms with Gasteiger partial charge in [0.15, 0.2) is 0 Å². The van der Waals surface area contributed by atoms with Gasteiger partial charge in [-0.3, -0.25) is 0 Å². The Kier molecular flexibility index (Phi) is 2.85. The van der Waals surface area contributed by atoms with Crippen LogP contribution in [0.25, 0.3) is 0 Å². The highest BCUT2D eigenvalue weighted by molar-refractivity contribution is 6.57. The van der Waals surface area contributed by atoms with Gasteiger partial charge in [0.25, 0.3) is 0 Å². The first-order valence-corrected chi connectivity index (χ1v) is 3.46. The van der Waals surface area contributed by atoms with E-state index in [0.29, 0.717) is 0 Å². The second kappa shape index (κ2) is 3.71. The zero-order valence-corrected chi connectivity index (χ0v) is 6.99. The average molecular weight is 188 g/mol. The molecule has 0 amide bonds. The Bertz CT molecular complexity index is 283. The lowest BCUT2D eigenvalue weighted by Gasteiger charge is -2.01. The van der Waals surface area contributed by atoms with Crippen molar-refractivity contribution in [2.24, 2.45) is 0 Å². The minimum absolute atomic E-state index is 0.00519. The van der Waals surface area contributed by atoms with Crippen molar-refractivity contribution in [3.63, 3.8) is 0 Å². The summed E-state index contributed by atoms with van der Waals surface area (Å²) in [5, 5.41) is 17.5. The van der Waals surface area contributed by atoms with Crippen molar-refractivity contribution in [3.05, 3.63) is 11.2 Å². The summed E-state index contributed by atoms with van der Waals surface area (Å²) >= 11 is 5.52. The predicted molar refractivity (Wildman–Crippen MR) is 43.4 cm³/mol. The molecule has 0 spiro atoms. The number of ether oxygens (including phenoxy) is 1. The molecule has 64 valence electrons. The van der Waals surface area contributed by atoms with E-state index in [4.69, 9.17) is 21.6 Å². The summed E-state index contributed by atoms with van der Waals surface area (Å²) < 4.78 is 4.66. The molecule has 7 heteroatoms. The minimum atomic E-state index is -1.67. The van der Waals surface area contributed by atoms with Crippen LogP contribution in [0.1, 0.15) is 0 Å². The van der Waals surface area contributed by atoms with Gasteiger partial charge in [-0.1, -0.05) is 11.6 Å². The molecule has 1 rings (SSSR count). The monoisotopic (exact) mass is 188 g/mol. The molecule has 5 nitrogen and oxygen atoms in total. The zero-order chi connectivity index (χ0) is 9.14. The van der Waals surface area contributed by atoms with Gasteiger partial charge in [0.05, 0.1) is 12.7 Å². The number of rotatable bonds is 2. The Balaban J connectivity index is 3.06. The van der Waals surface area contributed by atoms with Crippen molar-refractivity contribution < 1.29 is 14.8 Å². The molecule has 0 aromatic carbocycles. The molecule has 0 aliphatic heterocycles. The van der Waals surface area contributed by atoms with E-state index in [1.54, 1.807) is 0 Å². The number of halogens is 1. The number of hydrogen-bond acceptors (Lipinski definition) is 5. The van der Waals surface area contributed by atoms with Gasteiger partial charge in [-0.15, -0.1) is 0 Å². The van der Waals surface area contributed by atoms with Gasteiger partial charge in [-0.25, -0.2) is 4.98 Å². The van der Waals surface area contributed by atoms with Gasteiger partial charge in [-0.2, -0.15) is 4.98 Å². The molecule has 0 aliphatic rings. The Labute approximate surface area is 74.1 Å². The molecule has 0 saturated carbocycles. The molecular formula is C5H6BClN2O3. The quantitative estimate of drug-likeness (QED) is 0.451. The summed E-state index contributed by atoms with van der Waals surface area (Å²) in [6, 6.07) is 1.25. The second-order valence-corrected chi connectivity index (χ2v) is 2.36. The summed E-state index contributed by atoms with van der Waals surface area (Å²) in [6.07, 6.45) is 0. The number of methoxy groups -OCH3 is 1. The van der Waals surface area contributed by atoms with Crippen LogP contribution in [0.5, 0.6) is 6.01 Å². The molecule has 0 saturated heterocycles. The molecule has 0 bridgehead atoms. The first-order valence-electron chi connectivity index (χ1n) is 3.08. The third-order valence-electron chi connectivity index (χ3n) is 1.14. The highest BCUT2D eigenvalue weighted by atomic mass is 35.5. The van der Waals surface area contributed by atoms with Gasteiger partial charge in [0.1, 0.15) is 5.15 Å². The lowest BCUT2D eigenvalue weighted by molar-refractivity contribution is 0.378. The summed E-state index contributed by atoms with van der Waals surface area (Å²) in [5.41, 5.74) is 0.00634. The first-order chi connectivity index (χ1) is 5.63. The molecular weight excluding hydrogens is 182 g/mol. The summed E-state index contributed by atoms with van der Waals surface area (Å²) in [7, 11) is -0.307. The summed E-state index contributed by atoms with van der Waals surface area (Å²) in [4.78, 5) is 7.28. The van der Waals surface area contributed by atoms with Crippen molar-refractivity contribution in [1.29, 1.82) is 0 Å². The molecule has 12 heavy (non-hydrogen) atoms. The zero-order valence-electron chi connectivity index (χ0n) is 6.23. The highest BCUT2D eigenvalue weighted by Gasteiger charge is 2.15. The van der Waals surface area contributed by atoms with Crippen LogP contribution in [0.3, 0.4) is 0 Å². The van der Waals surface area contributed by atoms with Crippen LogP contribution in [-0.4, -0.2) is 34.2 Å². The van der Waals surface area contributed by atoms with Crippen molar-refractivity contribution in [1.82, 2.24) is 9.97 Å². The van der Waals surface area contributed by atoms with Crippen molar-refractivity contribution in [3.8, 4) is 6.01 Å².